The Kier molecular flexibility index (Phi) is 11.8. The Morgan fingerprint density at radius 1 is 1.00 bits per heavy atom. The van der Waals surface area contributed by atoms with Gasteiger partial charge in [0.25, 0.3) is 0 Å². The molecular formula is C9H11CrO4. The minimum atomic E-state index is 0. The first-order valence-corrected chi connectivity index (χ1v) is 3.35. The van der Waals surface area contributed by atoms with Crippen molar-refractivity contribution in [2.24, 2.45) is 0 Å². The third kappa shape index (κ3) is 3.92. The molecule has 0 amide bonds. The Balaban J connectivity index is -0.000000302. The van der Waals surface area contributed by atoms with Crippen LogP contribution in [0.4, 0.5) is 0 Å². The van der Waals surface area contributed by atoms with Gasteiger partial charge in [0.1, 0.15) is 12.4 Å². The third-order valence-electron chi connectivity index (χ3n) is 1.55. The zero-order valence-corrected chi connectivity index (χ0v) is 8.60. The molecule has 1 aromatic rings. The molecule has 1 radical (unpaired) electrons. The minimum Gasteiger partial charge on any atom is -0.870 e. The van der Waals surface area contributed by atoms with Crippen molar-refractivity contribution in [3.05, 3.63) is 35.9 Å². The molecule has 3 N–H and O–H groups in total. The van der Waals surface area contributed by atoms with Crippen LogP contribution in [-0.4, -0.2) is 23.0 Å². The first kappa shape index (κ1) is 18.9. The molecular weight excluding hydrogens is 224 g/mol. The maximum absolute atomic E-state index is 5.34. The van der Waals surface area contributed by atoms with E-state index in [2.05, 4.69) is 6.08 Å². The van der Waals surface area contributed by atoms with Crippen molar-refractivity contribution in [2.45, 2.75) is 0 Å². The Morgan fingerprint density at radius 3 is 2.29 bits per heavy atom. The van der Waals surface area contributed by atoms with Gasteiger partial charge in [0.15, 0.2) is 0 Å². The van der Waals surface area contributed by atoms with Crippen molar-refractivity contribution in [3.8, 4) is 5.75 Å². The molecule has 0 saturated heterocycles. The second kappa shape index (κ2) is 8.76. The SMILES string of the molecule is C1=Cc2ccccc2OC1.[Cr+3].[OH-].[OH-].[OH-]. The molecule has 4 nitrogen and oxygen atoms in total. The van der Waals surface area contributed by atoms with Crippen LogP contribution in [0.25, 0.3) is 6.08 Å². The van der Waals surface area contributed by atoms with Gasteiger partial charge < -0.3 is 21.2 Å². The minimum absolute atomic E-state index is 0. The van der Waals surface area contributed by atoms with Crippen molar-refractivity contribution < 1.29 is 38.5 Å². The number of ether oxygens (including phenoxy) is 1. The van der Waals surface area contributed by atoms with Crippen LogP contribution >= 0.6 is 0 Å². The topological polar surface area (TPSA) is 99.2 Å². The van der Waals surface area contributed by atoms with Gasteiger partial charge in [0.05, 0.1) is 0 Å². The van der Waals surface area contributed by atoms with Gasteiger partial charge in [-0.15, -0.1) is 0 Å². The molecule has 77 valence electrons. The van der Waals surface area contributed by atoms with Crippen molar-refractivity contribution in [2.75, 3.05) is 6.61 Å². The summed E-state index contributed by atoms with van der Waals surface area (Å²) in [6.07, 6.45) is 4.10. The molecule has 2 rings (SSSR count). The molecule has 0 bridgehead atoms. The molecule has 1 aromatic carbocycles. The Hall–Kier alpha value is -0.828. The van der Waals surface area contributed by atoms with E-state index in [0.29, 0.717) is 6.61 Å². The predicted molar refractivity (Wildman–Crippen MR) is 46.8 cm³/mol. The Labute approximate surface area is 93.3 Å². The quantitative estimate of drug-likeness (QED) is 0.681. The number of benzene rings is 1. The molecule has 0 fully saturated rings. The largest absolute Gasteiger partial charge is 3.00 e. The number of hydrogen-bond donors (Lipinski definition) is 0. The summed E-state index contributed by atoms with van der Waals surface area (Å²) in [5, 5.41) is 0. The standard InChI is InChI=1S/C9H8O.Cr.3H2O/c1-2-6-9-8(4-1)5-3-7-10-9;;;;/h1-6H,7H2;;3*1H2/q;+3;;;/p-3. The van der Waals surface area contributed by atoms with E-state index in [9.17, 15) is 0 Å². The van der Waals surface area contributed by atoms with Crippen molar-refractivity contribution >= 4 is 6.08 Å². The van der Waals surface area contributed by atoms with E-state index >= 15 is 0 Å². The van der Waals surface area contributed by atoms with Crippen LogP contribution in [0, 0.1) is 0 Å². The van der Waals surface area contributed by atoms with Gasteiger partial charge in [-0.1, -0.05) is 24.3 Å². The Morgan fingerprint density at radius 2 is 1.64 bits per heavy atom. The van der Waals surface area contributed by atoms with Crippen LogP contribution in [0.1, 0.15) is 5.56 Å². The zero-order valence-electron chi connectivity index (χ0n) is 7.33. The van der Waals surface area contributed by atoms with Crippen LogP contribution in [0.3, 0.4) is 0 Å². The molecule has 0 unspecified atom stereocenters. The average Bonchev–Trinajstić information content (AvgIpc) is 2.05. The summed E-state index contributed by atoms with van der Waals surface area (Å²) in [4.78, 5) is 0. The van der Waals surface area contributed by atoms with Gasteiger partial charge in [-0.05, 0) is 12.1 Å². The fourth-order valence-electron chi connectivity index (χ4n) is 1.06. The maximum Gasteiger partial charge on any atom is 3.00 e. The third-order valence-corrected chi connectivity index (χ3v) is 1.55. The Bertz CT molecular complexity index is 275. The van der Waals surface area contributed by atoms with Gasteiger partial charge in [-0.25, -0.2) is 0 Å². The second-order valence-corrected chi connectivity index (χ2v) is 2.25. The van der Waals surface area contributed by atoms with Gasteiger partial charge in [0.2, 0.25) is 0 Å². The van der Waals surface area contributed by atoms with Crippen LogP contribution < -0.4 is 4.74 Å². The fourth-order valence-corrected chi connectivity index (χ4v) is 1.06. The smallest absolute Gasteiger partial charge is 0.870 e. The summed E-state index contributed by atoms with van der Waals surface area (Å²) in [5.74, 6) is 0.991. The van der Waals surface area contributed by atoms with E-state index in [1.54, 1.807) is 0 Å². The van der Waals surface area contributed by atoms with Gasteiger partial charge in [0, 0.05) is 5.56 Å². The van der Waals surface area contributed by atoms with E-state index in [-0.39, 0.29) is 33.8 Å². The summed E-state index contributed by atoms with van der Waals surface area (Å²) in [6, 6.07) is 8.03. The van der Waals surface area contributed by atoms with E-state index in [0.717, 1.165) is 5.75 Å². The molecule has 0 spiro atoms. The summed E-state index contributed by atoms with van der Waals surface area (Å²) >= 11 is 0. The fraction of sp³-hybridized carbons (Fsp3) is 0.111. The molecule has 0 aromatic heterocycles. The average molecular weight is 235 g/mol. The van der Waals surface area contributed by atoms with Crippen LogP contribution in [-0.2, 0) is 17.4 Å². The molecule has 5 heteroatoms. The van der Waals surface area contributed by atoms with Crippen molar-refractivity contribution in [1.82, 2.24) is 0 Å². The number of fused-ring (bicyclic) bond motifs is 1. The monoisotopic (exact) mass is 235 g/mol. The van der Waals surface area contributed by atoms with Crippen LogP contribution in [0.2, 0.25) is 0 Å². The summed E-state index contributed by atoms with van der Waals surface area (Å²) in [7, 11) is 0. The molecule has 0 saturated carbocycles. The summed E-state index contributed by atoms with van der Waals surface area (Å²) in [6.45, 7) is 0.705. The van der Waals surface area contributed by atoms with Crippen molar-refractivity contribution in [3.63, 3.8) is 0 Å². The van der Waals surface area contributed by atoms with Crippen molar-refractivity contribution in [1.29, 1.82) is 0 Å². The molecule has 1 aliphatic heterocycles. The second-order valence-electron chi connectivity index (χ2n) is 2.25. The molecule has 14 heavy (non-hydrogen) atoms. The summed E-state index contributed by atoms with van der Waals surface area (Å²) in [5.41, 5.74) is 1.17. The molecule has 1 aliphatic rings. The summed E-state index contributed by atoms with van der Waals surface area (Å²) < 4.78 is 5.34. The number of rotatable bonds is 0. The van der Waals surface area contributed by atoms with Gasteiger partial charge >= 0.3 is 17.4 Å². The molecule has 0 aliphatic carbocycles. The van der Waals surface area contributed by atoms with E-state index in [4.69, 9.17) is 4.74 Å². The van der Waals surface area contributed by atoms with Gasteiger partial charge in [-0.3, -0.25) is 0 Å². The molecule has 0 atom stereocenters. The van der Waals surface area contributed by atoms with Crippen LogP contribution in [0.5, 0.6) is 5.75 Å². The molecule has 1 heterocycles. The van der Waals surface area contributed by atoms with E-state index in [1.807, 2.05) is 30.3 Å². The van der Waals surface area contributed by atoms with Gasteiger partial charge in [-0.2, -0.15) is 0 Å². The predicted octanol–water partition coefficient (Wildman–Crippen LogP) is 1.56. The van der Waals surface area contributed by atoms with Crippen LogP contribution in [0.15, 0.2) is 30.3 Å². The zero-order chi connectivity index (χ0) is 6.81. The number of hydrogen-bond acceptors (Lipinski definition) is 4. The maximum atomic E-state index is 5.34. The first-order chi connectivity index (χ1) is 4.97. The van der Waals surface area contributed by atoms with E-state index in [1.165, 1.54) is 5.56 Å². The normalized spacial score (nSPS) is 10.0. The number of para-hydroxylation sites is 1. The first-order valence-electron chi connectivity index (χ1n) is 3.35. The van der Waals surface area contributed by atoms with E-state index < -0.39 is 0 Å².